The van der Waals surface area contributed by atoms with Gasteiger partial charge in [0.25, 0.3) is 5.91 Å². The third-order valence-electron chi connectivity index (χ3n) is 1.64. The van der Waals surface area contributed by atoms with Gasteiger partial charge < -0.3 is 5.32 Å². The van der Waals surface area contributed by atoms with E-state index < -0.39 is 23.2 Å². The molecule has 0 spiro atoms. The van der Waals surface area contributed by atoms with Crippen LogP contribution in [0.15, 0.2) is 24.3 Å². The van der Waals surface area contributed by atoms with Gasteiger partial charge in [-0.05, 0) is 12.1 Å². The van der Waals surface area contributed by atoms with Gasteiger partial charge in [-0.15, -0.1) is 0 Å². The molecule has 0 aromatic heterocycles. The number of hydrogen-bond donors (Lipinski definition) is 1. The highest BCUT2D eigenvalue weighted by Gasteiger charge is 2.34. The molecule has 1 amide bonds. The molecule has 0 aliphatic rings. The number of nitrogens with one attached hydrogen (secondary N) is 1. The summed E-state index contributed by atoms with van der Waals surface area (Å²) in [7, 11) is 3.02. The minimum atomic E-state index is -4.52. The second-order valence-corrected chi connectivity index (χ2v) is 2.55. The summed E-state index contributed by atoms with van der Waals surface area (Å²) in [6, 6.07) is 4.54. The lowest BCUT2D eigenvalue weighted by Crippen LogP contribution is -2.20. The van der Waals surface area contributed by atoms with Gasteiger partial charge in [-0.3, -0.25) is 4.79 Å². The number of amides is 1. The van der Waals surface area contributed by atoms with Gasteiger partial charge in [-0.25, -0.2) is 0 Å². The average Bonchev–Trinajstić information content (AvgIpc) is 2.15. The molecule has 0 atom stereocenters. The van der Waals surface area contributed by atoms with Crippen molar-refractivity contribution >= 4 is 5.91 Å². The summed E-state index contributed by atoms with van der Waals surface area (Å²) >= 11 is 0. The highest BCUT2D eigenvalue weighted by Crippen LogP contribution is 2.31. The van der Waals surface area contributed by atoms with Gasteiger partial charge >= 0.3 is 6.18 Å². The minimum Gasteiger partial charge on any atom is -0.350 e. The molecule has 0 aliphatic carbocycles. The van der Waals surface area contributed by atoms with E-state index in [1.165, 1.54) is 12.1 Å². The van der Waals surface area contributed by atoms with Crippen molar-refractivity contribution in [1.82, 2.24) is 5.32 Å². The lowest BCUT2D eigenvalue weighted by molar-refractivity contribution is -0.137. The molecule has 0 fully saturated rings. The highest BCUT2D eigenvalue weighted by atomic mass is 19.4. The number of alkyl halides is 3. The van der Waals surface area contributed by atoms with E-state index in [-0.39, 0.29) is 0 Å². The van der Waals surface area contributed by atoms with Gasteiger partial charge in [-0.1, -0.05) is 12.1 Å². The smallest absolute Gasteiger partial charge is 0.350 e. The van der Waals surface area contributed by atoms with Crippen molar-refractivity contribution in [3.05, 3.63) is 42.4 Å². The van der Waals surface area contributed by atoms with Crippen LogP contribution in [0.1, 0.15) is 15.9 Å². The lowest BCUT2D eigenvalue weighted by atomic mass is 10.1. The zero-order valence-corrected chi connectivity index (χ0v) is 7.06. The minimum absolute atomic E-state index is 0.421. The van der Waals surface area contributed by atoms with Crippen LogP contribution in [0.2, 0.25) is 0 Å². The Morgan fingerprint density at radius 3 is 2.36 bits per heavy atom. The van der Waals surface area contributed by atoms with E-state index in [1.807, 2.05) is 5.32 Å². The van der Waals surface area contributed by atoms with Gasteiger partial charge in [0, 0.05) is 7.05 Å². The van der Waals surface area contributed by atoms with Crippen LogP contribution in [0, 0.1) is 7.05 Å². The molecule has 1 N–H and O–H groups in total. The zero-order valence-electron chi connectivity index (χ0n) is 7.06. The van der Waals surface area contributed by atoms with Crippen molar-refractivity contribution < 1.29 is 18.0 Å². The molecule has 1 rings (SSSR count). The third kappa shape index (κ3) is 2.04. The molecule has 75 valence electrons. The van der Waals surface area contributed by atoms with E-state index in [0.29, 0.717) is 0 Å². The number of hydrogen-bond acceptors (Lipinski definition) is 1. The van der Waals surface area contributed by atoms with E-state index in [4.69, 9.17) is 0 Å². The van der Waals surface area contributed by atoms with Crippen molar-refractivity contribution in [3.8, 4) is 0 Å². The lowest BCUT2D eigenvalue weighted by Gasteiger charge is -2.10. The maximum atomic E-state index is 12.3. The Labute approximate surface area is 78.7 Å². The summed E-state index contributed by atoms with van der Waals surface area (Å²) < 4.78 is 37.0. The second kappa shape index (κ2) is 3.69. The summed E-state index contributed by atoms with van der Waals surface area (Å²) in [6.07, 6.45) is -4.52. The Kier molecular flexibility index (Phi) is 2.78. The molecule has 0 unspecified atom stereocenters. The molecule has 0 bridgehead atoms. The van der Waals surface area contributed by atoms with Crippen LogP contribution in [-0.2, 0) is 6.18 Å². The maximum absolute atomic E-state index is 12.3. The predicted octanol–water partition coefficient (Wildman–Crippen LogP) is 2.23. The van der Waals surface area contributed by atoms with Crippen molar-refractivity contribution in [2.45, 2.75) is 6.18 Å². The Hall–Kier alpha value is -1.52. The summed E-state index contributed by atoms with van der Waals surface area (Å²) in [5, 5.41) is 1.90. The van der Waals surface area contributed by atoms with Crippen LogP contribution in [0.4, 0.5) is 13.2 Å². The number of carbonyl (C=O) groups is 1. The van der Waals surface area contributed by atoms with Gasteiger partial charge in [0.1, 0.15) is 0 Å². The normalized spacial score (nSPS) is 11.1. The number of carbonyl (C=O) groups excluding carboxylic acids is 1. The second-order valence-electron chi connectivity index (χ2n) is 2.55. The zero-order chi connectivity index (χ0) is 10.8. The van der Waals surface area contributed by atoms with Crippen LogP contribution >= 0.6 is 0 Å². The van der Waals surface area contributed by atoms with E-state index in [0.717, 1.165) is 12.1 Å². The molecule has 0 saturated carbocycles. The fraction of sp³-hybridized carbons (Fsp3) is 0.111. The molecule has 2 nitrogen and oxygen atoms in total. The Bertz CT molecular complexity index is 346. The molecule has 0 aliphatic heterocycles. The summed E-state index contributed by atoms with van der Waals surface area (Å²) in [6.45, 7) is 0. The monoisotopic (exact) mass is 202 g/mol. The topological polar surface area (TPSA) is 29.1 Å². The van der Waals surface area contributed by atoms with Crippen LogP contribution < -0.4 is 5.32 Å². The number of rotatable bonds is 1. The molecule has 1 aromatic rings. The number of benzene rings is 1. The van der Waals surface area contributed by atoms with Crippen molar-refractivity contribution in [1.29, 1.82) is 0 Å². The summed E-state index contributed by atoms with van der Waals surface area (Å²) in [5.74, 6) is -0.849. The van der Waals surface area contributed by atoms with Crippen LogP contribution in [0.5, 0.6) is 0 Å². The first-order valence-corrected chi connectivity index (χ1v) is 3.70. The largest absolute Gasteiger partial charge is 0.417 e. The fourth-order valence-corrected chi connectivity index (χ4v) is 1.02. The molecule has 5 heteroatoms. The number of halogens is 3. The van der Waals surface area contributed by atoms with Crippen molar-refractivity contribution in [2.24, 2.45) is 0 Å². The summed E-state index contributed by atoms with van der Waals surface area (Å²) in [4.78, 5) is 11.0. The third-order valence-corrected chi connectivity index (χ3v) is 1.64. The molecule has 0 heterocycles. The molecular formula is C9H7F3NO. The quantitative estimate of drug-likeness (QED) is 0.743. The Morgan fingerprint density at radius 1 is 1.29 bits per heavy atom. The predicted molar refractivity (Wildman–Crippen MR) is 44.3 cm³/mol. The van der Waals surface area contributed by atoms with Gasteiger partial charge in [0.05, 0.1) is 11.1 Å². The van der Waals surface area contributed by atoms with E-state index in [9.17, 15) is 18.0 Å². The maximum Gasteiger partial charge on any atom is 0.417 e. The fourth-order valence-electron chi connectivity index (χ4n) is 1.02. The Balaban J connectivity index is 3.23. The van der Waals surface area contributed by atoms with Crippen LogP contribution in [-0.4, -0.2) is 5.91 Å². The highest BCUT2D eigenvalue weighted by molar-refractivity contribution is 5.95. The molecule has 1 radical (unpaired) electrons. The average molecular weight is 202 g/mol. The first-order valence-electron chi connectivity index (χ1n) is 3.70. The van der Waals surface area contributed by atoms with Crippen molar-refractivity contribution in [3.63, 3.8) is 0 Å². The standard InChI is InChI=1S/C9H7F3NO/c1-13-8(14)6-4-2-3-5-7(6)9(10,11)12/h2-5H,1H2,(H,13,14). The molecule has 0 saturated heterocycles. The molecule has 1 aromatic carbocycles. The SMILES string of the molecule is [CH2]NC(=O)c1ccccc1C(F)(F)F. The van der Waals surface area contributed by atoms with E-state index in [1.54, 1.807) is 0 Å². The van der Waals surface area contributed by atoms with Crippen LogP contribution in [0.3, 0.4) is 0 Å². The summed E-state index contributed by atoms with van der Waals surface area (Å²) in [5.41, 5.74) is -1.38. The first-order chi connectivity index (χ1) is 6.46. The van der Waals surface area contributed by atoms with E-state index in [2.05, 4.69) is 7.05 Å². The molecular weight excluding hydrogens is 195 g/mol. The van der Waals surface area contributed by atoms with Gasteiger partial charge in [0.2, 0.25) is 0 Å². The first kappa shape index (κ1) is 10.6. The van der Waals surface area contributed by atoms with Crippen LogP contribution in [0.25, 0.3) is 0 Å². The van der Waals surface area contributed by atoms with Crippen molar-refractivity contribution in [2.75, 3.05) is 0 Å². The van der Waals surface area contributed by atoms with Gasteiger partial charge in [-0.2, -0.15) is 13.2 Å². The Morgan fingerprint density at radius 2 is 1.86 bits per heavy atom. The van der Waals surface area contributed by atoms with Gasteiger partial charge in [0.15, 0.2) is 0 Å². The van der Waals surface area contributed by atoms with E-state index >= 15 is 0 Å². The molecule has 14 heavy (non-hydrogen) atoms.